The lowest BCUT2D eigenvalue weighted by molar-refractivity contribution is -0.138. The van der Waals surface area contributed by atoms with Crippen molar-refractivity contribution in [1.29, 1.82) is 0 Å². The zero-order valence-electron chi connectivity index (χ0n) is 12.7. The minimum Gasteiger partial charge on any atom is -0.301 e. The molecule has 1 aliphatic heterocycles. The predicted molar refractivity (Wildman–Crippen MR) is 78.2 cm³/mol. The highest BCUT2D eigenvalue weighted by Gasteiger charge is 2.33. The fourth-order valence-corrected chi connectivity index (χ4v) is 2.82. The molecule has 0 radical (unpaired) electrons. The molecule has 0 aromatic heterocycles. The van der Waals surface area contributed by atoms with Crippen LogP contribution in [0.4, 0.5) is 13.2 Å². The molecular weight excluding hydrogens is 277 g/mol. The van der Waals surface area contributed by atoms with Crippen LogP contribution in [0.3, 0.4) is 0 Å². The van der Waals surface area contributed by atoms with Crippen molar-refractivity contribution >= 4 is 0 Å². The summed E-state index contributed by atoms with van der Waals surface area (Å²) < 4.78 is 39.4. The molecule has 2 nitrogen and oxygen atoms in total. The first-order chi connectivity index (χ1) is 9.90. The fourth-order valence-electron chi connectivity index (χ4n) is 2.82. The molecule has 0 spiro atoms. The summed E-state index contributed by atoms with van der Waals surface area (Å²) in [5.41, 5.74) is 0.550. The SMILES string of the molecule is CCCN1CCN(Cc2ccc(C)cc2C(F)(F)F)CC1. The summed E-state index contributed by atoms with van der Waals surface area (Å²) in [5.74, 6) is 0. The Balaban J connectivity index is 2.04. The highest BCUT2D eigenvalue weighted by molar-refractivity contribution is 5.33. The summed E-state index contributed by atoms with van der Waals surface area (Å²) in [5, 5.41) is 0. The van der Waals surface area contributed by atoms with E-state index in [1.165, 1.54) is 6.07 Å². The Morgan fingerprint density at radius 3 is 2.24 bits per heavy atom. The zero-order valence-corrected chi connectivity index (χ0v) is 12.7. The molecule has 1 aromatic rings. The number of aryl methyl sites for hydroxylation is 1. The van der Waals surface area contributed by atoms with Gasteiger partial charge in [-0.1, -0.05) is 24.6 Å². The van der Waals surface area contributed by atoms with Crippen LogP contribution in [0.1, 0.15) is 30.0 Å². The average molecular weight is 300 g/mol. The largest absolute Gasteiger partial charge is 0.416 e. The van der Waals surface area contributed by atoms with Gasteiger partial charge in [0.1, 0.15) is 0 Å². The van der Waals surface area contributed by atoms with E-state index in [0.717, 1.165) is 39.1 Å². The Hall–Kier alpha value is -1.07. The lowest BCUT2D eigenvalue weighted by atomic mass is 10.0. The molecule has 0 atom stereocenters. The summed E-state index contributed by atoms with van der Waals surface area (Å²) in [4.78, 5) is 4.49. The van der Waals surface area contributed by atoms with Gasteiger partial charge in [-0.3, -0.25) is 4.90 Å². The monoisotopic (exact) mass is 300 g/mol. The van der Waals surface area contributed by atoms with Gasteiger partial charge in [0.25, 0.3) is 0 Å². The summed E-state index contributed by atoms with van der Waals surface area (Å²) in [7, 11) is 0. The first-order valence-electron chi connectivity index (χ1n) is 7.51. The standard InChI is InChI=1S/C16H23F3N2/c1-3-6-20-7-9-21(10-8-20)12-14-5-4-13(2)11-15(14)16(17,18)19/h4-5,11H,3,6-10,12H2,1-2H3. The van der Waals surface area contributed by atoms with Crippen molar-refractivity contribution in [2.75, 3.05) is 32.7 Å². The molecule has 21 heavy (non-hydrogen) atoms. The van der Waals surface area contributed by atoms with E-state index in [-0.39, 0.29) is 0 Å². The molecule has 118 valence electrons. The number of piperazine rings is 1. The van der Waals surface area contributed by atoms with Gasteiger partial charge in [-0.15, -0.1) is 0 Å². The minimum atomic E-state index is -4.27. The number of rotatable bonds is 4. The summed E-state index contributed by atoms with van der Waals surface area (Å²) in [6.45, 7) is 8.87. The highest BCUT2D eigenvalue weighted by Crippen LogP contribution is 2.33. The molecule has 0 unspecified atom stereocenters. The minimum absolute atomic E-state index is 0.384. The molecule has 1 aromatic carbocycles. The highest BCUT2D eigenvalue weighted by atomic mass is 19.4. The van der Waals surface area contributed by atoms with E-state index in [2.05, 4.69) is 16.7 Å². The lowest BCUT2D eigenvalue weighted by Gasteiger charge is -2.35. The van der Waals surface area contributed by atoms with Crippen molar-refractivity contribution in [3.05, 3.63) is 34.9 Å². The normalized spacial score (nSPS) is 18.1. The molecule has 2 rings (SSSR count). The predicted octanol–water partition coefficient (Wildman–Crippen LogP) is 3.54. The molecule has 0 N–H and O–H groups in total. The number of hydrogen-bond donors (Lipinski definition) is 0. The number of nitrogens with zero attached hydrogens (tertiary/aromatic N) is 2. The van der Waals surface area contributed by atoms with Crippen LogP contribution in [-0.4, -0.2) is 42.5 Å². The molecule has 0 aliphatic carbocycles. The van der Waals surface area contributed by atoms with Crippen molar-refractivity contribution in [3.8, 4) is 0 Å². The Morgan fingerprint density at radius 2 is 1.67 bits per heavy atom. The maximum atomic E-state index is 13.1. The van der Waals surface area contributed by atoms with Crippen LogP contribution >= 0.6 is 0 Å². The Labute approximate surface area is 124 Å². The van der Waals surface area contributed by atoms with E-state index in [0.29, 0.717) is 17.7 Å². The summed E-state index contributed by atoms with van der Waals surface area (Å²) >= 11 is 0. The van der Waals surface area contributed by atoms with E-state index in [9.17, 15) is 13.2 Å². The van der Waals surface area contributed by atoms with E-state index in [4.69, 9.17) is 0 Å². The van der Waals surface area contributed by atoms with Crippen LogP contribution in [-0.2, 0) is 12.7 Å². The summed E-state index contributed by atoms with van der Waals surface area (Å²) in [6.07, 6.45) is -3.15. The van der Waals surface area contributed by atoms with E-state index >= 15 is 0 Å². The van der Waals surface area contributed by atoms with Gasteiger partial charge in [0.15, 0.2) is 0 Å². The quantitative estimate of drug-likeness (QED) is 0.839. The second-order valence-electron chi connectivity index (χ2n) is 5.78. The van der Waals surface area contributed by atoms with Gasteiger partial charge >= 0.3 is 6.18 Å². The topological polar surface area (TPSA) is 6.48 Å². The van der Waals surface area contributed by atoms with Crippen LogP contribution in [0.25, 0.3) is 0 Å². The fraction of sp³-hybridized carbons (Fsp3) is 0.625. The third kappa shape index (κ3) is 4.45. The Morgan fingerprint density at radius 1 is 1.05 bits per heavy atom. The van der Waals surface area contributed by atoms with Crippen molar-refractivity contribution in [2.45, 2.75) is 33.0 Å². The number of benzene rings is 1. The molecule has 0 amide bonds. The molecule has 1 saturated heterocycles. The maximum Gasteiger partial charge on any atom is 0.416 e. The van der Waals surface area contributed by atoms with Crippen LogP contribution in [0.5, 0.6) is 0 Å². The number of alkyl halides is 3. The Bertz CT molecular complexity index is 463. The van der Waals surface area contributed by atoms with Gasteiger partial charge in [-0.25, -0.2) is 0 Å². The zero-order chi connectivity index (χ0) is 15.5. The van der Waals surface area contributed by atoms with Crippen molar-refractivity contribution < 1.29 is 13.2 Å². The first kappa shape index (κ1) is 16.3. The molecule has 5 heteroatoms. The molecule has 1 heterocycles. The van der Waals surface area contributed by atoms with Crippen molar-refractivity contribution in [2.24, 2.45) is 0 Å². The van der Waals surface area contributed by atoms with E-state index in [1.54, 1.807) is 19.1 Å². The van der Waals surface area contributed by atoms with E-state index < -0.39 is 11.7 Å². The van der Waals surface area contributed by atoms with Crippen LogP contribution < -0.4 is 0 Å². The lowest BCUT2D eigenvalue weighted by Crippen LogP contribution is -2.46. The maximum absolute atomic E-state index is 13.1. The van der Waals surface area contributed by atoms with Gasteiger partial charge in [0.2, 0.25) is 0 Å². The van der Waals surface area contributed by atoms with Gasteiger partial charge in [-0.2, -0.15) is 13.2 Å². The van der Waals surface area contributed by atoms with Gasteiger partial charge in [0.05, 0.1) is 5.56 Å². The first-order valence-corrected chi connectivity index (χ1v) is 7.51. The van der Waals surface area contributed by atoms with Crippen LogP contribution in [0.15, 0.2) is 18.2 Å². The number of hydrogen-bond acceptors (Lipinski definition) is 2. The van der Waals surface area contributed by atoms with Gasteiger partial charge in [-0.05, 0) is 31.5 Å². The average Bonchev–Trinajstić information content (AvgIpc) is 2.42. The number of halogens is 3. The second-order valence-corrected chi connectivity index (χ2v) is 5.78. The Kier molecular flexibility index (Phi) is 5.27. The molecular formula is C16H23F3N2. The molecule has 0 saturated carbocycles. The van der Waals surface area contributed by atoms with Crippen molar-refractivity contribution in [1.82, 2.24) is 9.80 Å². The van der Waals surface area contributed by atoms with E-state index in [1.807, 2.05) is 0 Å². The smallest absolute Gasteiger partial charge is 0.301 e. The summed E-state index contributed by atoms with van der Waals surface area (Å²) in [6, 6.07) is 4.64. The molecule has 1 aliphatic rings. The molecule has 0 bridgehead atoms. The van der Waals surface area contributed by atoms with Gasteiger partial charge < -0.3 is 4.90 Å². The molecule has 1 fully saturated rings. The third-order valence-corrected chi connectivity index (χ3v) is 3.97. The third-order valence-electron chi connectivity index (χ3n) is 3.97. The van der Waals surface area contributed by atoms with Crippen LogP contribution in [0.2, 0.25) is 0 Å². The van der Waals surface area contributed by atoms with Crippen molar-refractivity contribution in [3.63, 3.8) is 0 Å². The second kappa shape index (κ2) is 6.79. The van der Waals surface area contributed by atoms with Crippen LogP contribution in [0, 0.1) is 6.92 Å². The van der Waals surface area contributed by atoms with Gasteiger partial charge in [0, 0.05) is 32.7 Å².